The van der Waals surface area contributed by atoms with Gasteiger partial charge in [0, 0.05) is 16.5 Å². The van der Waals surface area contributed by atoms with Crippen LogP contribution in [0.15, 0.2) is 52.7 Å². The van der Waals surface area contributed by atoms with E-state index in [4.69, 9.17) is 5.14 Å². The zero-order valence-corrected chi connectivity index (χ0v) is 13.2. The van der Waals surface area contributed by atoms with Gasteiger partial charge in [-0.05, 0) is 30.3 Å². The van der Waals surface area contributed by atoms with Gasteiger partial charge in [-0.1, -0.05) is 12.1 Å². The minimum absolute atomic E-state index is 0.00537. The predicted octanol–water partition coefficient (Wildman–Crippen LogP) is 3.40. The minimum atomic E-state index is -3.76. The van der Waals surface area contributed by atoms with Crippen LogP contribution in [0.3, 0.4) is 0 Å². The van der Waals surface area contributed by atoms with E-state index >= 15 is 0 Å². The monoisotopic (exact) mass is 352 g/mol. The van der Waals surface area contributed by atoms with Crippen molar-refractivity contribution < 1.29 is 17.2 Å². The van der Waals surface area contributed by atoms with Gasteiger partial charge >= 0.3 is 0 Å². The summed E-state index contributed by atoms with van der Waals surface area (Å²) in [5.74, 6) is -1.11. The molecule has 3 rings (SSSR count). The fraction of sp³-hybridized carbons (Fsp3) is 0. The summed E-state index contributed by atoms with van der Waals surface area (Å²) in [6.07, 6.45) is 0. The van der Waals surface area contributed by atoms with Gasteiger partial charge in [0.1, 0.15) is 16.6 Å². The van der Waals surface area contributed by atoms with E-state index in [0.29, 0.717) is 16.3 Å². The Labute approximate surface area is 135 Å². The Morgan fingerprint density at radius 1 is 1.04 bits per heavy atom. The van der Waals surface area contributed by atoms with Crippen LogP contribution >= 0.6 is 11.3 Å². The molecule has 118 valence electrons. The Balaban J connectivity index is 1.97. The first-order valence-electron chi connectivity index (χ1n) is 6.39. The lowest BCUT2D eigenvalue weighted by atomic mass is 10.1. The van der Waals surface area contributed by atoms with Crippen molar-refractivity contribution in [3.63, 3.8) is 0 Å². The second-order valence-corrected chi connectivity index (χ2v) is 7.15. The highest BCUT2D eigenvalue weighted by molar-refractivity contribution is 7.89. The number of thiazole rings is 1. The van der Waals surface area contributed by atoms with Crippen molar-refractivity contribution in [2.24, 2.45) is 5.14 Å². The SMILES string of the molecule is NS(=O)(=O)c1ccc(-c2nc(-c3cc(F)ccc3F)cs2)cc1. The number of hydrogen-bond acceptors (Lipinski definition) is 4. The Morgan fingerprint density at radius 2 is 1.74 bits per heavy atom. The Bertz CT molecular complexity index is 967. The standard InChI is InChI=1S/C15H10F2N2O2S2/c16-10-3-6-13(17)12(7-10)14-8-22-15(19-14)9-1-4-11(5-2-9)23(18,20)21/h1-8H,(H2,18,20,21). The maximum absolute atomic E-state index is 13.8. The molecule has 0 aliphatic rings. The fourth-order valence-electron chi connectivity index (χ4n) is 2.01. The molecule has 0 fully saturated rings. The van der Waals surface area contributed by atoms with Crippen LogP contribution in [0.1, 0.15) is 0 Å². The normalized spacial score (nSPS) is 11.6. The molecule has 0 saturated carbocycles. The third kappa shape index (κ3) is 3.29. The molecule has 0 spiro atoms. The second-order valence-electron chi connectivity index (χ2n) is 4.73. The summed E-state index contributed by atoms with van der Waals surface area (Å²) < 4.78 is 49.5. The van der Waals surface area contributed by atoms with E-state index in [9.17, 15) is 17.2 Å². The average Bonchev–Trinajstić information content (AvgIpc) is 2.99. The first-order chi connectivity index (χ1) is 10.8. The molecule has 8 heteroatoms. The van der Waals surface area contributed by atoms with E-state index in [1.165, 1.54) is 23.5 Å². The molecular weight excluding hydrogens is 342 g/mol. The van der Waals surface area contributed by atoms with E-state index in [1.54, 1.807) is 17.5 Å². The van der Waals surface area contributed by atoms with Crippen LogP contribution in [0.4, 0.5) is 8.78 Å². The van der Waals surface area contributed by atoms with Gasteiger partial charge in [-0.25, -0.2) is 27.3 Å². The number of rotatable bonds is 3. The number of nitrogens with two attached hydrogens (primary N) is 1. The maximum Gasteiger partial charge on any atom is 0.238 e. The van der Waals surface area contributed by atoms with Crippen molar-refractivity contribution in [1.82, 2.24) is 4.98 Å². The lowest BCUT2D eigenvalue weighted by Gasteiger charge is -2.01. The molecule has 0 radical (unpaired) electrons. The van der Waals surface area contributed by atoms with Gasteiger partial charge in [-0.2, -0.15) is 0 Å². The molecule has 0 unspecified atom stereocenters. The van der Waals surface area contributed by atoms with E-state index in [1.807, 2.05) is 0 Å². The number of nitrogens with zero attached hydrogens (tertiary/aromatic N) is 1. The molecule has 23 heavy (non-hydrogen) atoms. The molecule has 0 aliphatic carbocycles. The number of primary sulfonamides is 1. The molecular formula is C15H10F2N2O2S2. The smallest absolute Gasteiger partial charge is 0.236 e. The molecule has 0 bridgehead atoms. The van der Waals surface area contributed by atoms with Crippen molar-refractivity contribution in [2.45, 2.75) is 4.90 Å². The maximum atomic E-state index is 13.8. The van der Waals surface area contributed by atoms with Crippen molar-refractivity contribution in [3.8, 4) is 21.8 Å². The van der Waals surface area contributed by atoms with Gasteiger partial charge in [0.2, 0.25) is 10.0 Å². The van der Waals surface area contributed by atoms with Crippen LogP contribution in [0, 0.1) is 11.6 Å². The Hall–Kier alpha value is -2.16. The Morgan fingerprint density at radius 3 is 2.39 bits per heavy atom. The van der Waals surface area contributed by atoms with E-state index in [2.05, 4.69) is 4.98 Å². The highest BCUT2D eigenvalue weighted by Gasteiger charge is 2.13. The first-order valence-corrected chi connectivity index (χ1v) is 8.81. The molecule has 1 aromatic heterocycles. The van der Waals surface area contributed by atoms with Crippen LogP contribution in [0.2, 0.25) is 0 Å². The summed E-state index contributed by atoms with van der Waals surface area (Å²) in [4.78, 5) is 4.27. The van der Waals surface area contributed by atoms with Gasteiger partial charge in [0.05, 0.1) is 10.6 Å². The fourth-order valence-corrected chi connectivity index (χ4v) is 3.35. The van der Waals surface area contributed by atoms with Gasteiger partial charge in [0.25, 0.3) is 0 Å². The molecule has 0 aliphatic heterocycles. The van der Waals surface area contributed by atoms with Crippen molar-refractivity contribution >= 4 is 21.4 Å². The zero-order chi connectivity index (χ0) is 16.6. The Kier molecular flexibility index (Phi) is 3.97. The summed E-state index contributed by atoms with van der Waals surface area (Å²) in [5, 5.41) is 7.21. The van der Waals surface area contributed by atoms with Crippen LogP contribution < -0.4 is 5.14 Å². The number of benzene rings is 2. The van der Waals surface area contributed by atoms with Crippen LogP contribution in [0.5, 0.6) is 0 Å². The topological polar surface area (TPSA) is 73.1 Å². The van der Waals surface area contributed by atoms with E-state index < -0.39 is 21.7 Å². The lowest BCUT2D eigenvalue weighted by molar-refractivity contribution is 0.598. The van der Waals surface area contributed by atoms with Crippen LogP contribution in [0.25, 0.3) is 21.8 Å². The van der Waals surface area contributed by atoms with Gasteiger partial charge < -0.3 is 0 Å². The summed E-state index contributed by atoms with van der Waals surface area (Å²) in [6.45, 7) is 0. The molecule has 0 atom stereocenters. The molecule has 4 nitrogen and oxygen atoms in total. The van der Waals surface area contributed by atoms with Gasteiger partial charge in [-0.15, -0.1) is 11.3 Å². The highest BCUT2D eigenvalue weighted by Crippen LogP contribution is 2.30. The lowest BCUT2D eigenvalue weighted by Crippen LogP contribution is -2.11. The number of aromatic nitrogens is 1. The quantitative estimate of drug-likeness (QED) is 0.785. The summed E-state index contributed by atoms with van der Waals surface area (Å²) in [5.41, 5.74) is 1.05. The van der Waals surface area contributed by atoms with Crippen molar-refractivity contribution in [2.75, 3.05) is 0 Å². The second kappa shape index (κ2) is 5.80. The first kappa shape index (κ1) is 15.7. The molecule has 2 aromatic carbocycles. The van der Waals surface area contributed by atoms with Gasteiger partial charge in [-0.3, -0.25) is 0 Å². The number of sulfonamides is 1. The molecule has 1 heterocycles. The van der Waals surface area contributed by atoms with Crippen LogP contribution in [-0.2, 0) is 10.0 Å². The third-order valence-electron chi connectivity index (χ3n) is 3.14. The molecule has 0 amide bonds. The largest absolute Gasteiger partial charge is 0.238 e. The predicted molar refractivity (Wildman–Crippen MR) is 84.3 cm³/mol. The third-order valence-corrected chi connectivity index (χ3v) is 4.96. The van der Waals surface area contributed by atoms with Crippen molar-refractivity contribution in [1.29, 1.82) is 0 Å². The zero-order valence-electron chi connectivity index (χ0n) is 11.5. The summed E-state index contributed by atoms with van der Waals surface area (Å²) in [7, 11) is -3.76. The summed E-state index contributed by atoms with van der Waals surface area (Å²) >= 11 is 1.24. The van der Waals surface area contributed by atoms with E-state index in [-0.39, 0.29) is 10.5 Å². The van der Waals surface area contributed by atoms with Crippen molar-refractivity contribution in [3.05, 3.63) is 59.5 Å². The minimum Gasteiger partial charge on any atom is -0.236 e. The number of hydrogen-bond donors (Lipinski definition) is 1. The molecule has 0 saturated heterocycles. The summed E-state index contributed by atoms with van der Waals surface area (Å²) in [6, 6.07) is 9.03. The van der Waals surface area contributed by atoms with Crippen LogP contribution in [-0.4, -0.2) is 13.4 Å². The van der Waals surface area contributed by atoms with Gasteiger partial charge in [0.15, 0.2) is 0 Å². The number of halogens is 2. The highest BCUT2D eigenvalue weighted by atomic mass is 32.2. The molecule has 2 N–H and O–H groups in total. The molecule has 3 aromatic rings. The average molecular weight is 352 g/mol. The van der Waals surface area contributed by atoms with E-state index in [0.717, 1.165) is 18.2 Å².